The minimum absolute atomic E-state index is 0.290. The van der Waals surface area contributed by atoms with Gasteiger partial charge < -0.3 is 9.67 Å². The first-order valence-corrected chi connectivity index (χ1v) is 9.29. The number of rotatable bonds is 3. The summed E-state index contributed by atoms with van der Waals surface area (Å²) in [6.07, 6.45) is 5.60. The maximum absolute atomic E-state index is 11.2. The molecule has 28 heavy (non-hydrogen) atoms. The Hall–Kier alpha value is -3.66. The Morgan fingerprint density at radius 3 is 2.50 bits per heavy atom. The van der Waals surface area contributed by atoms with E-state index in [9.17, 15) is 9.90 Å². The number of pyridine rings is 1. The normalized spacial score (nSPS) is 12.3. The minimum atomic E-state index is -0.914. The van der Waals surface area contributed by atoms with Gasteiger partial charge in [0.15, 0.2) is 0 Å². The molecule has 4 aromatic rings. The minimum Gasteiger partial charge on any atom is -0.478 e. The number of aryl methyl sites for hydroxylation is 1. The molecule has 5 rings (SSSR count). The van der Waals surface area contributed by atoms with Crippen molar-refractivity contribution in [3.05, 3.63) is 95.9 Å². The van der Waals surface area contributed by atoms with Crippen LogP contribution in [0.1, 0.15) is 21.6 Å². The lowest BCUT2D eigenvalue weighted by atomic mass is 9.90. The summed E-state index contributed by atoms with van der Waals surface area (Å²) in [5.41, 5.74) is 8.49. The summed E-state index contributed by atoms with van der Waals surface area (Å²) >= 11 is 0. The van der Waals surface area contributed by atoms with Crippen LogP contribution < -0.4 is 0 Å². The summed E-state index contributed by atoms with van der Waals surface area (Å²) in [6.45, 7) is 0. The zero-order valence-corrected chi connectivity index (χ0v) is 15.2. The standard InChI is InChI=1S/C24H18N2O2/c27-24(28)18-9-7-17(8-10-18)23-14-21-20-6-2-1-4-16(20)11-12-22(21)26(23)19-5-3-13-25-15-19/h1-10,13-15H,11-12H2,(H,27,28). The van der Waals surface area contributed by atoms with Crippen molar-refractivity contribution in [2.75, 3.05) is 0 Å². The zero-order valence-electron chi connectivity index (χ0n) is 15.2. The number of aromatic nitrogens is 2. The number of hydrogen-bond acceptors (Lipinski definition) is 2. The Bertz CT molecular complexity index is 1180. The number of carboxylic acid groups (broad SMARTS) is 1. The van der Waals surface area contributed by atoms with Crippen molar-refractivity contribution >= 4 is 5.97 Å². The second-order valence-corrected chi connectivity index (χ2v) is 6.98. The van der Waals surface area contributed by atoms with Crippen molar-refractivity contribution in [2.45, 2.75) is 12.8 Å². The van der Waals surface area contributed by atoms with Gasteiger partial charge in [0.25, 0.3) is 0 Å². The Kier molecular flexibility index (Phi) is 3.83. The van der Waals surface area contributed by atoms with Gasteiger partial charge in [-0.1, -0.05) is 36.4 Å². The van der Waals surface area contributed by atoms with Crippen LogP contribution in [0.5, 0.6) is 0 Å². The van der Waals surface area contributed by atoms with Crippen LogP contribution in [-0.2, 0) is 12.8 Å². The number of carbonyl (C=O) groups is 1. The van der Waals surface area contributed by atoms with Crippen molar-refractivity contribution in [1.82, 2.24) is 9.55 Å². The summed E-state index contributed by atoms with van der Waals surface area (Å²) in [4.78, 5) is 15.5. The van der Waals surface area contributed by atoms with Crippen LogP contribution in [0.4, 0.5) is 0 Å². The first kappa shape index (κ1) is 16.5. The fourth-order valence-electron chi connectivity index (χ4n) is 4.06. The van der Waals surface area contributed by atoms with Gasteiger partial charge in [0.1, 0.15) is 0 Å². The monoisotopic (exact) mass is 366 g/mol. The largest absolute Gasteiger partial charge is 0.478 e. The fraction of sp³-hybridized carbons (Fsp3) is 0.0833. The molecule has 1 aliphatic carbocycles. The van der Waals surface area contributed by atoms with Crippen molar-refractivity contribution in [1.29, 1.82) is 0 Å². The molecule has 2 aromatic carbocycles. The molecular weight excluding hydrogens is 348 g/mol. The lowest BCUT2D eigenvalue weighted by molar-refractivity contribution is 0.0697. The summed E-state index contributed by atoms with van der Waals surface area (Å²) in [5, 5.41) is 9.21. The molecule has 1 aliphatic rings. The number of carboxylic acids is 1. The van der Waals surface area contributed by atoms with Crippen LogP contribution in [-0.4, -0.2) is 20.6 Å². The third kappa shape index (κ3) is 2.62. The molecule has 136 valence electrons. The maximum atomic E-state index is 11.2. The van der Waals surface area contributed by atoms with E-state index in [4.69, 9.17) is 0 Å². The van der Waals surface area contributed by atoms with Crippen molar-refractivity contribution in [3.8, 4) is 28.1 Å². The van der Waals surface area contributed by atoms with Crippen LogP contribution in [0, 0.1) is 0 Å². The fourth-order valence-corrected chi connectivity index (χ4v) is 4.06. The van der Waals surface area contributed by atoms with E-state index in [1.165, 1.54) is 22.4 Å². The molecule has 0 aliphatic heterocycles. The van der Waals surface area contributed by atoms with E-state index < -0.39 is 5.97 Å². The van der Waals surface area contributed by atoms with Gasteiger partial charge in [0.05, 0.1) is 23.1 Å². The lowest BCUT2D eigenvalue weighted by Crippen LogP contribution is -2.09. The molecule has 4 heteroatoms. The zero-order chi connectivity index (χ0) is 19.1. The van der Waals surface area contributed by atoms with Crippen LogP contribution >= 0.6 is 0 Å². The molecule has 4 nitrogen and oxygen atoms in total. The van der Waals surface area contributed by atoms with E-state index in [1.54, 1.807) is 18.3 Å². The number of fused-ring (bicyclic) bond motifs is 3. The molecule has 2 aromatic heterocycles. The van der Waals surface area contributed by atoms with Gasteiger partial charge in [-0.25, -0.2) is 4.79 Å². The Labute approximate surface area is 162 Å². The number of benzene rings is 2. The van der Waals surface area contributed by atoms with Crippen molar-refractivity contribution < 1.29 is 9.90 Å². The van der Waals surface area contributed by atoms with E-state index in [0.29, 0.717) is 5.56 Å². The van der Waals surface area contributed by atoms with E-state index in [1.807, 2.05) is 24.4 Å². The molecular formula is C24H18N2O2. The highest BCUT2D eigenvalue weighted by molar-refractivity contribution is 5.88. The molecule has 1 N–H and O–H groups in total. The highest BCUT2D eigenvalue weighted by Gasteiger charge is 2.23. The average Bonchev–Trinajstić information content (AvgIpc) is 3.14. The van der Waals surface area contributed by atoms with Gasteiger partial charge in [-0.15, -0.1) is 0 Å². The van der Waals surface area contributed by atoms with Crippen LogP contribution in [0.3, 0.4) is 0 Å². The van der Waals surface area contributed by atoms with Gasteiger partial charge >= 0.3 is 5.97 Å². The second-order valence-electron chi connectivity index (χ2n) is 6.98. The summed E-state index contributed by atoms with van der Waals surface area (Å²) in [6, 6.07) is 21.8. The number of hydrogen-bond donors (Lipinski definition) is 1. The molecule has 0 unspecified atom stereocenters. The number of nitrogens with zero attached hydrogens (tertiary/aromatic N) is 2. The Morgan fingerprint density at radius 2 is 1.75 bits per heavy atom. The third-order valence-corrected chi connectivity index (χ3v) is 5.37. The quantitative estimate of drug-likeness (QED) is 0.555. The summed E-state index contributed by atoms with van der Waals surface area (Å²) < 4.78 is 2.26. The van der Waals surface area contributed by atoms with Crippen LogP contribution in [0.2, 0.25) is 0 Å². The topological polar surface area (TPSA) is 55.1 Å². The molecule has 0 saturated heterocycles. The second kappa shape index (κ2) is 6.50. The van der Waals surface area contributed by atoms with Gasteiger partial charge in [0.2, 0.25) is 0 Å². The van der Waals surface area contributed by atoms with Crippen molar-refractivity contribution in [2.24, 2.45) is 0 Å². The lowest BCUT2D eigenvalue weighted by Gasteiger charge is -2.19. The molecule has 0 radical (unpaired) electrons. The number of aromatic carboxylic acids is 1. The molecule has 0 amide bonds. The predicted molar refractivity (Wildman–Crippen MR) is 109 cm³/mol. The summed E-state index contributed by atoms with van der Waals surface area (Å²) in [7, 11) is 0. The SMILES string of the molecule is O=C(O)c1ccc(-c2cc3c(n2-c2cccnc2)CCc2ccccc2-3)cc1. The molecule has 0 bridgehead atoms. The van der Waals surface area contributed by atoms with Crippen LogP contribution in [0.25, 0.3) is 28.1 Å². The van der Waals surface area contributed by atoms with Gasteiger partial charge in [-0.05, 0) is 59.9 Å². The molecule has 0 saturated carbocycles. The Morgan fingerprint density at radius 1 is 0.929 bits per heavy atom. The van der Waals surface area contributed by atoms with Crippen molar-refractivity contribution in [3.63, 3.8) is 0 Å². The summed E-state index contributed by atoms with van der Waals surface area (Å²) in [5.74, 6) is -0.914. The van der Waals surface area contributed by atoms with E-state index in [0.717, 1.165) is 29.8 Å². The van der Waals surface area contributed by atoms with E-state index in [2.05, 4.69) is 45.9 Å². The smallest absolute Gasteiger partial charge is 0.335 e. The van der Waals surface area contributed by atoms with Gasteiger partial charge in [-0.3, -0.25) is 4.98 Å². The first-order chi connectivity index (χ1) is 13.7. The highest BCUT2D eigenvalue weighted by Crippen LogP contribution is 2.40. The molecule has 2 heterocycles. The van der Waals surface area contributed by atoms with Gasteiger partial charge in [0, 0.05) is 17.5 Å². The molecule has 0 fully saturated rings. The van der Waals surface area contributed by atoms with E-state index >= 15 is 0 Å². The predicted octanol–water partition coefficient (Wildman–Crippen LogP) is 5.00. The van der Waals surface area contributed by atoms with Crippen LogP contribution in [0.15, 0.2) is 79.1 Å². The molecule has 0 atom stereocenters. The Balaban J connectivity index is 1.75. The third-order valence-electron chi connectivity index (χ3n) is 5.37. The maximum Gasteiger partial charge on any atom is 0.335 e. The first-order valence-electron chi connectivity index (χ1n) is 9.29. The van der Waals surface area contributed by atoms with E-state index in [-0.39, 0.29) is 0 Å². The van der Waals surface area contributed by atoms with Gasteiger partial charge in [-0.2, -0.15) is 0 Å². The molecule has 0 spiro atoms. The average molecular weight is 366 g/mol. The highest BCUT2D eigenvalue weighted by atomic mass is 16.4.